The predicted octanol–water partition coefficient (Wildman–Crippen LogP) is 3.87. The molecular weight excluding hydrogens is 298 g/mol. The zero-order chi connectivity index (χ0) is 11.7. The highest BCUT2D eigenvalue weighted by molar-refractivity contribution is 9.10. The maximum absolute atomic E-state index is 13.4. The summed E-state index contributed by atoms with van der Waals surface area (Å²) >= 11 is 4.52. The second-order valence-corrected chi connectivity index (χ2v) is 5.07. The lowest BCUT2D eigenvalue weighted by atomic mass is 10.1. The number of rotatable bonds is 2. The van der Waals surface area contributed by atoms with Crippen molar-refractivity contribution in [1.29, 1.82) is 0 Å². The number of aliphatic hydroxyl groups is 1. The molecule has 2 aromatic rings. The van der Waals surface area contributed by atoms with Gasteiger partial charge in [0.1, 0.15) is 6.10 Å². The first-order valence-corrected chi connectivity index (χ1v) is 6.13. The first kappa shape index (κ1) is 11.7. The summed E-state index contributed by atoms with van der Waals surface area (Å²) in [6.45, 7) is 0. The summed E-state index contributed by atoms with van der Waals surface area (Å²) in [7, 11) is 0. The number of aliphatic hydroxyl groups excluding tert-OH is 1. The van der Waals surface area contributed by atoms with Crippen LogP contribution in [0.25, 0.3) is 0 Å². The molecule has 16 heavy (non-hydrogen) atoms. The molecule has 1 unspecified atom stereocenters. The van der Waals surface area contributed by atoms with Crippen LogP contribution in [0.15, 0.2) is 34.1 Å². The van der Waals surface area contributed by atoms with E-state index in [1.54, 1.807) is 11.4 Å². The zero-order valence-electron chi connectivity index (χ0n) is 7.95. The van der Waals surface area contributed by atoms with Gasteiger partial charge < -0.3 is 5.11 Å². The molecule has 1 aromatic heterocycles. The molecule has 0 bridgehead atoms. The summed E-state index contributed by atoms with van der Waals surface area (Å²) in [6, 6.07) is 5.45. The second-order valence-electron chi connectivity index (χ2n) is 3.21. The molecule has 1 nitrogen and oxygen atoms in total. The van der Waals surface area contributed by atoms with Crippen molar-refractivity contribution in [2.75, 3.05) is 0 Å². The van der Waals surface area contributed by atoms with E-state index in [9.17, 15) is 13.9 Å². The topological polar surface area (TPSA) is 20.2 Å². The Balaban J connectivity index is 2.41. The lowest BCUT2D eigenvalue weighted by molar-refractivity contribution is 0.217. The van der Waals surface area contributed by atoms with Crippen molar-refractivity contribution in [2.45, 2.75) is 6.10 Å². The van der Waals surface area contributed by atoms with Crippen LogP contribution in [0.3, 0.4) is 0 Å². The highest BCUT2D eigenvalue weighted by atomic mass is 79.9. The Kier molecular flexibility index (Phi) is 3.37. The standard InChI is InChI=1S/C11H7BrF2OS/c12-6-4-9(16-5-6)11(15)7-2-1-3-8(13)10(7)14/h1-5,11,15H. The molecule has 2 rings (SSSR count). The third-order valence-electron chi connectivity index (χ3n) is 2.13. The monoisotopic (exact) mass is 304 g/mol. The second kappa shape index (κ2) is 4.61. The van der Waals surface area contributed by atoms with Crippen LogP contribution >= 0.6 is 27.3 Å². The minimum Gasteiger partial charge on any atom is -0.383 e. The van der Waals surface area contributed by atoms with E-state index < -0.39 is 17.7 Å². The fourth-order valence-corrected chi connectivity index (χ4v) is 2.80. The lowest BCUT2D eigenvalue weighted by Crippen LogP contribution is -2.02. The van der Waals surface area contributed by atoms with E-state index in [4.69, 9.17) is 0 Å². The highest BCUT2D eigenvalue weighted by Gasteiger charge is 2.18. The summed E-state index contributed by atoms with van der Waals surface area (Å²) in [5.74, 6) is -1.95. The van der Waals surface area contributed by atoms with Gasteiger partial charge in [-0.3, -0.25) is 0 Å². The molecule has 0 aliphatic rings. The minimum atomic E-state index is -1.13. The van der Waals surface area contributed by atoms with Crippen LogP contribution in [0.5, 0.6) is 0 Å². The van der Waals surface area contributed by atoms with Crippen molar-refractivity contribution in [2.24, 2.45) is 0 Å². The lowest BCUT2D eigenvalue weighted by Gasteiger charge is -2.09. The van der Waals surface area contributed by atoms with Crippen molar-refractivity contribution >= 4 is 27.3 Å². The fraction of sp³-hybridized carbons (Fsp3) is 0.0909. The summed E-state index contributed by atoms with van der Waals surface area (Å²) in [6.07, 6.45) is -1.13. The van der Waals surface area contributed by atoms with Gasteiger partial charge in [-0.05, 0) is 28.1 Å². The van der Waals surface area contributed by atoms with Crippen molar-refractivity contribution < 1.29 is 13.9 Å². The zero-order valence-corrected chi connectivity index (χ0v) is 10.4. The molecule has 1 N–H and O–H groups in total. The molecule has 0 radical (unpaired) electrons. The number of thiophene rings is 1. The molecule has 0 aliphatic carbocycles. The van der Waals surface area contributed by atoms with Gasteiger partial charge in [-0.1, -0.05) is 12.1 Å². The van der Waals surface area contributed by atoms with Crippen LogP contribution in [0.1, 0.15) is 16.5 Å². The summed E-state index contributed by atoms with van der Waals surface area (Å²) in [4.78, 5) is 0.566. The molecule has 1 heterocycles. The van der Waals surface area contributed by atoms with E-state index in [0.29, 0.717) is 4.88 Å². The Morgan fingerprint density at radius 1 is 1.31 bits per heavy atom. The van der Waals surface area contributed by atoms with E-state index in [2.05, 4.69) is 15.9 Å². The summed E-state index contributed by atoms with van der Waals surface area (Å²) in [5, 5.41) is 11.7. The van der Waals surface area contributed by atoms with Gasteiger partial charge in [0.2, 0.25) is 0 Å². The fourth-order valence-electron chi connectivity index (χ4n) is 1.36. The molecule has 84 valence electrons. The van der Waals surface area contributed by atoms with Crippen LogP contribution in [0.4, 0.5) is 8.78 Å². The third kappa shape index (κ3) is 2.16. The first-order valence-electron chi connectivity index (χ1n) is 4.45. The quantitative estimate of drug-likeness (QED) is 0.893. The molecule has 0 amide bonds. The third-order valence-corrected chi connectivity index (χ3v) is 3.88. The van der Waals surface area contributed by atoms with E-state index in [1.807, 2.05) is 0 Å². The van der Waals surface area contributed by atoms with E-state index >= 15 is 0 Å². The number of halogens is 3. The molecule has 5 heteroatoms. The SMILES string of the molecule is OC(c1cc(Br)cs1)c1cccc(F)c1F. The Labute approximate surface area is 103 Å². The molecular formula is C11H7BrF2OS. The van der Waals surface area contributed by atoms with Gasteiger partial charge in [-0.2, -0.15) is 0 Å². The first-order chi connectivity index (χ1) is 7.59. The van der Waals surface area contributed by atoms with Gasteiger partial charge >= 0.3 is 0 Å². The van der Waals surface area contributed by atoms with Gasteiger partial charge in [0.15, 0.2) is 11.6 Å². The van der Waals surface area contributed by atoms with Crippen molar-refractivity contribution in [3.63, 3.8) is 0 Å². The molecule has 0 spiro atoms. The average molecular weight is 305 g/mol. The van der Waals surface area contributed by atoms with E-state index in [1.165, 1.54) is 23.5 Å². The Morgan fingerprint density at radius 3 is 2.69 bits per heavy atom. The average Bonchev–Trinajstić information content (AvgIpc) is 2.68. The van der Waals surface area contributed by atoms with Gasteiger partial charge in [0.25, 0.3) is 0 Å². The molecule has 0 saturated carbocycles. The van der Waals surface area contributed by atoms with Crippen molar-refractivity contribution in [3.05, 3.63) is 56.2 Å². The molecule has 0 saturated heterocycles. The van der Waals surface area contributed by atoms with Crippen LogP contribution < -0.4 is 0 Å². The van der Waals surface area contributed by atoms with Gasteiger partial charge in [0, 0.05) is 20.3 Å². The smallest absolute Gasteiger partial charge is 0.164 e. The Bertz CT molecular complexity index is 512. The maximum Gasteiger partial charge on any atom is 0.164 e. The Hall–Kier alpha value is -0.780. The molecule has 0 aliphatic heterocycles. The molecule has 1 atom stereocenters. The van der Waals surface area contributed by atoms with E-state index in [0.717, 1.165) is 10.5 Å². The van der Waals surface area contributed by atoms with E-state index in [-0.39, 0.29) is 5.56 Å². The van der Waals surface area contributed by atoms with Crippen LogP contribution in [0, 0.1) is 11.6 Å². The normalized spacial score (nSPS) is 12.8. The van der Waals surface area contributed by atoms with Gasteiger partial charge in [0.05, 0.1) is 0 Å². The van der Waals surface area contributed by atoms with Gasteiger partial charge in [-0.25, -0.2) is 8.78 Å². The molecule has 1 aromatic carbocycles. The summed E-state index contributed by atoms with van der Waals surface area (Å²) < 4.78 is 27.2. The van der Waals surface area contributed by atoms with Gasteiger partial charge in [-0.15, -0.1) is 11.3 Å². The van der Waals surface area contributed by atoms with Crippen LogP contribution in [0.2, 0.25) is 0 Å². The summed E-state index contributed by atoms with van der Waals surface area (Å²) in [5.41, 5.74) is -0.0469. The minimum absolute atomic E-state index is 0.0469. The largest absolute Gasteiger partial charge is 0.383 e. The predicted molar refractivity (Wildman–Crippen MR) is 62.4 cm³/mol. The van der Waals surface area contributed by atoms with Crippen LogP contribution in [-0.4, -0.2) is 5.11 Å². The Morgan fingerprint density at radius 2 is 2.06 bits per heavy atom. The number of hydrogen-bond acceptors (Lipinski definition) is 2. The van der Waals surface area contributed by atoms with Crippen molar-refractivity contribution in [1.82, 2.24) is 0 Å². The molecule has 0 fully saturated rings. The number of hydrogen-bond donors (Lipinski definition) is 1. The number of benzene rings is 1. The van der Waals surface area contributed by atoms with Crippen LogP contribution in [-0.2, 0) is 0 Å². The maximum atomic E-state index is 13.4. The van der Waals surface area contributed by atoms with Crippen molar-refractivity contribution in [3.8, 4) is 0 Å². The highest BCUT2D eigenvalue weighted by Crippen LogP contribution is 2.31.